The fourth-order valence-corrected chi connectivity index (χ4v) is 1.52. The van der Waals surface area contributed by atoms with Gasteiger partial charge in [-0.25, -0.2) is 10.8 Å². The van der Waals surface area contributed by atoms with Crippen LogP contribution < -0.4 is 11.3 Å². The number of nitrogens with zero attached hydrogens (tertiary/aromatic N) is 2. The third kappa shape index (κ3) is 4.92. The van der Waals surface area contributed by atoms with Crippen LogP contribution in [0.15, 0.2) is 12.1 Å². The number of nitrogens with two attached hydrogens (primary N) is 1. The number of amides is 1. The van der Waals surface area contributed by atoms with Crippen LogP contribution in [0.2, 0.25) is 5.15 Å². The molecular formula is C10H12ClF3N4O. The SMILES string of the molecule is CN(CCC(F)(F)F)C(=O)c1cc(Cl)nc(NN)c1. The van der Waals surface area contributed by atoms with Crippen LogP contribution in [-0.2, 0) is 0 Å². The van der Waals surface area contributed by atoms with Gasteiger partial charge in [-0.1, -0.05) is 11.6 Å². The van der Waals surface area contributed by atoms with Crippen molar-refractivity contribution in [1.82, 2.24) is 9.88 Å². The number of aromatic nitrogens is 1. The summed E-state index contributed by atoms with van der Waals surface area (Å²) >= 11 is 5.67. The second kappa shape index (κ2) is 6.07. The predicted octanol–water partition coefficient (Wildman–Crippen LogP) is 2.04. The Labute approximate surface area is 112 Å². The van der Waals surface area contributed by atoms with E-state index in [1.165, 1.54) is 19.2 Å². The van der Waals surface area contributed by atoms with E-state index in [4.69, 9.17) is 17.4 Å². The quantitative estimate of drug-likeness (QED) is 0.507. The topological polar surface area (TPSA) is 71.2 Å². The minimum atomic E-state index is -4.31. The Hall–Kier alpha value is -1.54. The second-order valence-electron chi connectivity index (χ2n) is 3.80. The average molecular weight is 297 g/mol. The van der Waals surface area contributed by atoms with Crippen molar-refractivity contribution in [3.63, 3.8) is 0 Å². The number of carbonyl (C=O) groups excluding carboxylic acids is 1. The number of hydrogen-bond acceptors (Lipinski definition) is 4. The summed E-state index contributed by atoms with van der Waals surface area (Å²) < 4.78 is 36.2. The number of halogens is 4. The van der Waals surface area contributed by atoms with Crippen molar-refractivity contribution in [2.75, 3.05) is 19.0 Å². The lowest BCUT2D eigenvalue weighted by atomic mass is 10.2. The Morgan fingerprint density at radius 2 is 2.16 bits per heavy atom. The van der Waals surface area contributed by atoms with E-state index in [0.717, 1.165) is 4.90 Å². The molecule has 19 heavy (non-hydrogen) atoms. The van der Waals surface area contributed by atoms with Crippen LogP contribution in [0.25, 0.3) is 0 Å². The summed E-state index contributed by atoms with van der Waals surface area (Å²) in [6.07, 6.45) is -5.38. The van der Waals surface area contributed by atoms with Crippen LogP contribution in [0.3, 0.4) is 0 Å². The molecule has 0 aliphatic carbocycles. The Bertz CT molecular complexity index is 467. The molecule has 0 radical (unpaired) electrons. The van der Waals surface area contributed by atoms with E-state index in [9.17, 15) is 18.0 Å². The second-order valence-corrected chi connectivity index (χ2v) is 4.19. The molecule has 0 aromatic carbocycles. The number of rotatable bonds is 4. The molecule has 0 aliphatic heterocycles. The predicted molar refractivity (Wildman–Crippen MR) is 64.7 cm³/mol. The molecule has 3 N–H and O–H groups in total. The fourth-order valence-electron chi connectivity index (χ4n) is 1.31. The monoisotopic (exact) mass is 296 g/mol. The number of carbonyl (C=O) groups is 1. The summed E-state index contributed by atoms with van der Waals surface area (Å²) in [5.74, 6) is 4.70. The molecule has 1 aromatic heterocycles. The van der Waals surface area contributed by atoms with Crippen LogP contribution in [0.5, 0.6) is 0 Å². The zero-order valence-corrected chi connectivity index (χ0v) is 10.7. The van der Waals surface area contributed by atoms with Crippen molar-refractivity contribution in [3.8, 4) is 0 Å². The molecule has 1 amide bonds. The van der Waals surface area contributed by atoms with Gasteiger partial charge in [0.25, 0.3) is 5.91 Å². The Balaban J connectivity index is 2.79. The molecule has 106 valence electrons. The summed E-state index contributed by atoms with van der Waals surface area (Å²) in [6, 6.07) is 2.56. The zero-order valence-electron chi connectivity index (χ0n) is 9.96. The highest BCUT2D eigenvalue weighted by Gasteiger charge is 2.28. The van der Waals surface area contributed by atoms with Gasteiger partial charge in [-0.3, -0.25) is 4.79 Å². The molecule has 5 nitrogen and oxygen atoms in total. The van der Waals surface area contributed by atoms with Gasteiger partial charge >= 0.3 is 6.18 Å². The van der Waals surface area contributed by atoms with Crippen molar-refractivity contribution in [1.29, 1.82) is 0 Å². The van der Waals surface area contributed by atoms with Crippen molar-refractivity contribution < 1.29 is 18.0 Å². The lowest BCUT2D eigenvalue weighted by molar-refractivity contribution is -0.136. The molecule has 0 bridgehead atoms. The molecule has 1 heterocycles. The van der Waals surface area contributed by atoms with E-state index in [0.29, 0.717) is 0 Å². The van der Waals surface area contributed by atoms with E-state index in [-0.39, 0.29) is 16.5 Å². The fraction of sp³-hybridized carbons (Fsp3) is 0.400. The molecule has 0 spiro atoms. The molecule has 0 saturated heterocycles. The molecule has 0 saturated carbocycles. The summed E-state index contributed by atoms with van der Waals surface area (Å²) in [7, 11) is 1.28. The van der Waals surface area contributed by atoms with Gasteiger partial charge in [0.1, 0.15) is 11.0 Å². The first-order valence-corrected chi connectivity index (χ1v) is 5.57. The number of pyridine rings is 1. The van der Waals surface area contributed by atoms with Gasteiger partial charge < -0.3 is 10.3 Å². The maximum absolute atomic E-state index is 12.1. The van der Waals surface area contributed by atoms with E-state index in [1.807, 2.05) is 0 Å². The van der Waals surface area contributed by atoms with Gasteiger partial charge in [0.2, 0.25) is 0 Å². The smallest absolute Gasteiger partial charge is 0.341 e. The number of hydrazine groups is 1. The molecular weight excluding hydrogens is 285 g/mol. The van der Waals surface area contributed by atoms with Crippen molar-refractivity contribution in [3.05, 3.63) is 22.8 Å². The van der Waals surface area contributed by atoms with Crippen LogP contribution in [0, 0.1) is 0 Å². The first kappa shape index (κ1) is 15.5. The van der Waals surface area contributed by atoms with E-state index >= 15 is 0 Å². The number of alkyl halides is 3. The number of anilines is 1. The summed E-state index contributed by atoms with van der Waals surface area (Å²) in [6.45, 7) is -0.437. The van der Waals surface area contributed by atoms with Gasteiger partial charge in [-0.15, -0.1) is 0 Å². The summed E-state index contributed by atoms with van der Waals surface area (Å²) in [5, 5.41) is 0.0167. The molecule has 0 unspecified atom stereocenters. The summed E-state index contributed by atoms with van der Waals surface area (Å²) in [5.41, 5.74) is 2.32. The van der Waals surface area contributed by atoms with Crippen molar-refractivity contribution in [2.24, 2.45) is 5.84 Å². The lowest BCUT2D eigenvalue weighted by Gasteiger charge is -2.18. The maximum atomic E-state index is 12.1. The summed E-state index contributed by atoms with van der Waals surface area (Å²) in [4.78, 5) is 16.6. The number of nitrogen functional groups attached to an aromatic ring is 1. The van der Waals surface area contributed by atoms with Crippen LogP contribution >= 0.6 is 11.6 Å². The highest BCUT2D eigenvalue weighted by molar-refractivity contribution is 6.29. The average Bonchev–Trinajstić information content (AvgIpc) is 2.33. The zero-order chi connectivity index (χ0) is 14.6. The lowest BCUT2D eigenvalue weighted by Crippen LogP contribution is -2.30. The third-order valence-electron chi connectivity index (χ3n) is 2.27. The highest BCUT2D eigenvalue weighted by Crippen LogP contribution is 2.20. The minimum absolute atomic E-state index is 0.0167. The van der Waals surface area contributed by atoms with Gasteiger partial charge in [-0.05, 0) is 12.1 Å². The number of hydrogen-bond donors (Lipinski definition) is 2. The molecule has 1 aromatic rings. The van der Waals surface area contributed by atoms with Gasteiger partial charge in [0, 0.05) is 19.2 Å². The Kier molecular flexibility index (Phi) is 4.96. The molecule has 0 fully saturated rings. The first-order valence-electron chi connectivity index (χ1n) is 5.19. The minimum Gasteiger partial charge on any atom is -0.341 e. The van der Waals surface area contributed by atoms with Crippen LogP contribution in [-0.4, -0.2) is 35.6 Å². The van der Waals surface area contributed by atoms with Gasteiger partial charge in [0.15, 0.2) is 0 Å². The van der Waals surface area contributed by atoms with Crippen LogP contribution in [0.4, 0.5) is 19.0 Å². The first-order chi connectivity index (χ1) is 8.73. The third-order valence-corrected chi connectivity index (χ3v) is 2.46. The Morgan fingerprint density at radius 1 is 1.53 bits per heavy atom. The van der Waals surface area contributed by atoms with E-state index in [1.54, 1.807) is 0 Å². The van der Waals surface area contributed by atoms with E-state index < -0.39 is 25.0 Å². The van der Waals surface area contributed by atoms with Gasteiger partial charge in [-0.2, -0.15) is 13.2 Å². The maximum Gasteiger partial charge on any atom is 0.390 e. The molecule has 0 aliphatic rings. The number of nitrogens with one attached hydrogen (secondary N) is 1. The van der Waals surface area contributed by atoms with E-state index in [2.05, 4.69) is 10.4 Å². The van der Waals surface area contributed by atoms with Gasteiger partial charge in [0.05, 0.1) is 6.42 Å². The van der Waals surface area contributed by atoms with Crippen molar-refractivity contribution in [2.45, 2.75) is 12.6 Å². The highest BCUT2D eigenvalue weighted by atomic mass is 35.5. The Morgan fingerprint density at radius 3 is 2.68 bits per heavy atom. The normalized spacial score (nSPS) is 11.3. The standard InChI is InChI=1S/C10H12ClF3N4O/c1-18(3-2-10(12,13)14)9(19)6-4-7(11)16-8(5-6)17-15/h4-5H,2-3,15H2,1H3,(H,16,17). The van der Waals surface area contributed by atoms with Crippen LogP contribution in [0.1, 0.15) is 16.8 Å². The molecule has 0 atom stereocenters. The van der Waals surface area contributed by atoms with Crippen molar-refractivity contribution >= 4 is 23.3 Å². The molecule has 9 heteroatoms. The largest absolute Gasteiger partial charge is 0.390 e. The molecule has 1 rings (SSSR count).